The Kier molecular flexibility index (Phi) is 6.44. The van der Waals surface area contributed by atoms with Crippen molar-refractivity contribution < 1.29 is 9.18 Å². The number of carbonyl (C=O) groups excluding carboxylic acids is 1. The molecule has 1 N–H and O–H groups in total. The molecule has 108 valence electrons. The number of amides is 1. The van der Waals surface area contributed by atoms with E-state index in [2.05, 4.69) is 10.3 Å². The van der Waals surface area contributed by atoms with Gasteiger partial charge in [0.2, 0.25) is 0 Å². The van der Waals surface area contributed by atoms with Crippen LogP contribution in [0, 0.1) is 17.1 Å². The van der Waals surface area contributed by atoms with E-state index in [1.807, 2.05) is 19.9 Å². The molecule has 0 aliphatic rings. The second-order valence-electron chi connectivity index (χ2n) is 4.27. The van der Waals surface area contributed by atoms with Crippen molar-refractivity contribution in [3.63, 3.8) is 0 Å². The molecule has 6 heteroatoms. The minimum absolute atomic E-state index is 0.207. The summed E-state index contributed by atoms with van der Waals surface area (Å²) < 4.78 is 13.3. The van der Waals surface area contributed by atoms with E-state index >= 15 is 0 Å². The molecule has 5 nitrogen and oxygen atoms in total. The van der Waals surface area contributed by atoms with E-state index in [1.165, 1.54) is 11.0 Å². The van der Waals surface area contributed by atoms with Gasteiger partial charge < -0.3 is 10.2 Å². The lowest BCUT2D eigenvalue weighted by atomic mass is 10.2. The van der Waals surface area contributed by atoms with Crippen LogP contribution in [-0.4, -0.2) is 35.4 Å². The van der Waals surface area contributed by atoms with Gasteiger partial charge in [-0.3, -0.25) is 4.79 Å². The third-order valence-electron chi connectivity index (χ3n) is 2.79. The molecule has 1 aromatic heterocycles. The lowest BCUT2D eigenvalue weighted by Gasteiger charge is -2.21. The first-order chi connectivity index (χ1) is 9.63. The quantitative estimate of drug-likeness (QED) is 0.831. The van der Waals surface area contributed by atoms with Crippen LogP contribution in [-0.2, 0) is 0 Å². The molecule has 20 heavy (non-hydrogen) atoms. The molecule has 1 rings (SSSR count). The topological polar surface area (TPSA) is 69.0 Å². The van der Waals surface area contributed by atoms with Crippen molar-refractivity contribution in [2.75, 3.05) is 25.0 Å². The van der Waals surface area contributed by atoms with Crippen LogP contribution in [0.2, 0.25) is 0 Å². The van der Waals surface area contributed by atoms with Gasteiger partial charge in [-0.05, 0) is 19.4 Å². The standard InChI is InChI=1S/C14H19FN4O/c1-3-7-17-13-12(9-11(15)10-18-13)14(20)19(4-2)8-5-6-16/h9-10H,3-5,7-8H2,1-2H3,(H,17,18). The van der Waals surface area contributed by atoms with E-state index in [0.717, 1.165) is 12.6 Å². The number of pyridine rings is 1. The number of rotatable bonds is 7. The van der Waals surface area contributed by atoms with Gasteiger partial charge >= 0.3 is 0 Å². The molecular weight excluding hydrogens is 259 g/mol. The third-order valence-corrected chi connectivity index (χ3v) is 2.79. The van der Waals surface area contributed by atoms with E-state index in [0.29, 0.717) is 25.5 Å². The summed E-state index contributed by atoms with van der Waals surface area (Å²) in [6.45, 7) is 5.26. The van der Waals surface area contributed by atoms with Gasteiger partial charge in [0.25, 0.3) is 5.91 Å². The van der Waals surface area contributed by atoms with Crippen molar-refractivity contribution in [2.45, 2.75) is 26.7 Å². The molecular formula is C14H19FN4O. The van der Waals surface area contributed by atoms with Crippen LogP contribution >= 0.6 is 0 Å². The fourth-order valence-electron chi connectivity index (χ4n) is 1.75. The fourth-order valence-corrected chi connectivity index (χ4v) is 1.75. The highest BCUT2D eigenvalue weighted by Crippen LogP contribution is 2.16. The second-order valence-corrected chi connectivity index (χ2v) is 4.27. The number of aromatic nitrogens is 1. The number of nitrogens with one attached hydrogen (secondary N) is 1. The number of carbonyl (C=O) groups is 1. The van der Waals surface area contributed by atoms with Gasteiger partial charge in [0, 0.05) is 19.6 Å². The highest BCUT2D eigenvalue weighted by molar-refractivity contribution is 5.98. The number of nitriles is 1. The maximum absolute atomic E-state index is 13.3. The summed E-state index contributed by atoms with van der Waals surface area (Å²) in [7, 11) is 0. The summed E-state index contributed by atoms with van der Waals surface area (Å²) in [6.07, 6.45) is 2.21. The summed E-state index contributed by atoms with van der Waals surface area (Å²) in [5.74, 6) is -0.478. The van der Waals surface area contributed by atoms with Gasteiger partial charge in [-0.1, -0.05) is 6.92 Å². The van der Waals surface area contributed by atoms with E-state index in [1.54, 1.807) is 0 Å². The Labute approximate surface area is 118 Å². The lowest BCUT2D eigenvalue weighted by molar-refractivity contribution is 0.0768. The molecule has 1 heterocycles. The molecule has 0 fully saturated rings. The third kappa shape index (κ3) is 4.19. The van der Waals surface area contributed by atoms with Crippen molar-refractivity contribution in [1.82, 2.24) is 9.88 Å². The number of hydrogen-bond acceptors (Lipinski definition) is 4. The average molecular weight is 278 g/mol. The Hall–Kier alpha value is -2.16. The Morgan fingerprint density at radius 3 is 2.90 bits per heavy atom. The smallest absolute Gasteiger partial charge is 0.257 e. The largest absolute Gasteiger partial charge is 0.369 e. The number of hydrogen-bond donors (Lipinski definition) is 1. The van der Waals surface area contributed by atoms with Gasteiger partial charge in [0.1, 0.15) is 11.6 Å². The molecule has 0 aliphatic carbocycles. The van der Waals surface area contributed by atoms with Crippen LogP contribution in [0.4, 0.5) is 10.2 Å². The zero-order valence-electron chi connectivity index (χ0n) is 11.8. The molecule has 0 unspecified atom stereocenters. The maximum atomic E-state index is 13.3. The van der Waals surface area contributed by atoms with Gasteiger partial charge in [0.15, 0.2) is 0 Å². The number of nitrogens with zero attached hydrogens (tertiary/aromatic N) is 3. The van der Waals surface area contributed by atoms with Crippen molar-refractivity contribution in [3.05, 3.63) is 23.6 Å². The zero-order chi connectivity index (χ0) is 15.0. The van der Waals surface area contributed by atoms with Crippen LogP contribution in [0.15, 0.2) is 12.3 Å². The monoisotopic (exact) mass is 278 g/mol. The van der Waals surface area contributed by atoms with E-state index in [-0.39, 0.29) is 17.9 Å². The fraction of sp³-hybridized carbons (Fsp3) is 0.500. The SMILES string of the molecule is CCCNc1ncc(F)cc1C(=O)N(CC)CCC#N. The van der Waals surface area contributed by atoms with Gasteiger partial charge in [-0.2, -0.15) is 5.26 Å². The van der Waals surface area contributed by atoms with Gasteiger partial charge in [0.05, 0.1) is 24.3 Å². The summed E-state index contributed by atoms with van der Waals surface area (Å²) in [5, 5.41) is 11.6. The highest BCUT2D eigenvalue weighted by atomic mass is 19.1. The van der Waals surface area contributed by atoms with Crippen molar-refractivity contribution >= 4 is 11.7 Å². The molecule has 0 bridgehead atoms. The Morgan fingerprint density at radius 1 is 1.55 bits per heavy atom. The minimum atomic E-state index is -0.549. The second kappa shape index (κ2) is 8.10. The van der Waals surface area contributed by atoms with E-state index in [4.69, 9.17) is 5.26 Å². The molecule has 1 aromatic rings. The van der Waals surface area contributed by atoms with Crippen LogP contribution in [0.5, 0.6) is 0 Å². The van der Waals surface area contributed by atoms with Crippen LogP contribution in [0.1, 0.15) is 37.0 Å². The molecule has 0 atom stereocenters. The summed E-state index contributed by atoms with van der Waals surface area (Å²) >= 11 is 0. The predicted molar refractivity (Wildman–Crippen MR) is 74.8 cm³/mol. The number of anilines is 1. The van der Waals surface area contributed by atoms with Crippen LogP contribution in [0.25, 0.3) is 0 Å². The first-order valence-corrected chi connectivity index (χ1v) is 6.69. The van der Waals surface area contributed by atoms with Gasteiger partial charge in [-0.15, -0.1) is 0 Å². The van der Waals surface area contributed by atoms with E-state index in [9.17, 15) is 9.18 Å². The molecule has 1 amide bonds. The molecule has 0 radical (unpaired) electrons. The molecule has 0 aliphatic heterocycles. The van der Waals surface area contributed by atoms with Crippen molar-refractivity contribution in [1.29, 1.82) is 5.26 Å². The summed E-state index contributed by atoms with van der Waals surface area (Å²) in [4.78, 5) is 17.8. The predicted octanol–water partition coefficient (Wildman–Crippen LogP) is 2.42. The first-order valence-electron chi connectivity index (χ1n) is 6.69. The average Bonchev–Trinajstić information content (AvgIpc) is 2.46. The zero-order valence-corrected chi connectivity index (χ0v) is 11.8. The first kappa shape index (κ1) is 15.9. The maximum Gasteiger partial charge on any atom is 0.257 e. The normalized spacial score (nSPS) is 9.90. The summed E-state index contributed by atoms with van der Waals surface area (Å²) in [5.41, 5.74) is 0.207. The molecule has 0 spiro atoms. The Bertz CT molecular complexity index is 498. The van der Waals surface area contributed by atoms with Crippen molar-refractivity contribution in [2.24, 2.45) is 0 Å². The summed E-state index contributed by atoms with van der Waals surface area (Å²) in [6, 6.07) is 3.18. The van der Waals surface area contributed by atoms with Crippen molar-refractivity contribution in [3.8, 4) is 6.07 Å². The minimum Gasteiger partial charge on any atom is -0.369 e. The van der Waals surface area contributed by atoms with Crippen LogP contribution < -0.4 is 5.32 Å². The molecule has 0 saturated carbocycles. The lowest BCUT2D eigenvalue weighted by Crippen LogP contribution is -2.32. The molecule has 0 aromatic carbocycles. The number of halogens is 1. The van der Waals surface area contributed by atoms with Crippen LogP contribution in [0.3, 0.4) is 0 Å². The molecule has 0 saturated heterocycles. The van der Waals surface area contributed by atoms with Gasteiger partial charge in [-0.25, -0.2) is 9.37 Å². The Morgan fingerprint density at radius 2 is 2.30 bits per heavy atom. The Balaban J connectivity index is 2.99. The van der Waals surface area contributed by atoms with E-state index < -0.39 is 5.82 Å². The highest BCUT2D eigenvalue weighted by Gasteiger charge is 2.19.